The van der Waals surface area contributed by atoms with Gasteiger partial charge < -0.3 is 19.3 Å². The van der Waals surface area contributed by atoms with Crippen LogP contribution in [0, 0.1) is 0 Å². The number of carbonyl (C=O) groups excluding carboxylic acids is 3. The number of rotatable bonds is 8. The van der Waals surface area contributed by atoms with Crippen LogP contribution in [-0.2, 0) is 20.9 Å². The van der Waals surface area contributed by atoms with Crippen molar-refractivity contribution in [2.45, 2.75) is 13.0 Å². The van der Waals surface area contributed by atoms with E-state index in [-0.39, 0.29) is 31.4 Å². The second kappa shape index (κ2) is 9.26. The number of hydrogen-bond donors (Lipinski definition) is 0. The van der Waals surface area contributed by atoms with Crippen LogP contribution < -0.4 is 4.74 Å². The Kier molecular flexibility index (Phi) is 6.51. The summed E-state index contributed by atoms with van der Waals surface area (Å²) in [5.41, 5.74) is 2.76. The Morgan fingerprint density at radius 3 is 2.43 bits per heavy atom. The van der Waals surface area contributed by atoms with Crippen molar-refractivity contribution in [3.8, 4) is 5.75 Å². The van der Waals surface area contributed by atoms with E-state index in [4.69, 9.17) is 9.47 Å². The first-order valence-electron chi connectivity index (χ1n) is 9.54. The predicted molar refractivity (Wildman–Crippen MR) is 112 cm³/mol. The molecule has 0 N–H and O–H groups in total. The van der Waals surface area contributed by atoms with Crippen LogP contribution in [0.2, 0.25) is 0 Å². The number of hydrogen-bond acceptors (Lipinski definition) is 5. The van der Waals surface area contributed by atoms with Crippen molar-refractivity contribution < 1.29 is 23.9 Å². The number of fused-ring (bicyclic) bond motifs is 1. The van der Waals surface area contributed by atoms with Gasteiger partial charge >= 0.3 is 5.97 Å². The normalized spacial score (nSPS) is 12.5. The second-order valence-electron chi connectivity index (χ2n) is 6.92. The minimum absolute atomic E-state index is 0.0255. The average Bonchev–Trinajstić information content (AvgIpc) is 3.01. The van der Waals surface area contributed by atoms with Gasteiger partial charge in [-0.2, -0.15) is 0 Å². The fourth-order valence-corrected chi connectivity index (χ4v) is 3.28. The molecule has 1 heterocycles. The maximum atomic E-state index is 12.4. The molecule has 2 aromatic rings. The smallest absolute Gasteiger partial charge is 0.308 e. The molecule has 0 fully saturated rings. The molecule has 7 heteroatoms. The molecule has 0 spiro atoms. The van der Waals surface area contributed by atoms with Gasteiger partial charge in [-0.25, -0.2) is 0 Å². The van der Waals surface area contributed by atoms with E-state index >= 15 is 0 Å². The van der Waals surface area contributed by atoms with E-state index in [1.54, 1.807) is 26.3 Å². The summed E-state index contributed by atoms with van der Waals surface area (Å²) in [6.45, 7) is 4.06. The van der Waals surface area contributed by atoms with Crippen molar-refractivity contribution in [3.63, 3.8) is 0 Å². The minimum atomic E-state index is -0.550. The lowest BCUT2D eigenvalue weighted by molar-refractivity contribution is -0.151. The molecule has 0 aromatic heterocycles. The predicted octanol–water partition coefficient (Wildman–Crippen LogP) is 2.71. The SMILES string of the molecule is C=C1c2ccccc2C(=O)N1CCC(=O)OCC(=O)N(C)Cc1ccccc1OC. The van der Waals surface area contributed by atoms with Gasteiger partial charge in [-0.1, -0.05) is 43.0 Å². The van der Waals surface area contributed by atoms with Gasteiger partial charge in [0.1, 0.15) is 5.75 Å². The van der Waals surface area contributed by atoms with E-state index in [1.807, 2.05) is 36.4 Å². The summed E-state index contributed by atoms with van der Waals surface area (Å²) in [5, 5.41) is 0. The zero-order valence-electron chi connectivity index (χ0n) is 17.1. The van der Waals surface area contributed by atoms with Gasteiger partial charge in [-0.15, -0.1) is 0 Å². The Bertz CT molecular complexity index is 950. The number of para-hydroxylation sites is 1. The van der Waals surface area contributed by atoms with Crippen LogP contribution in [0.3, 0.4) is 0 Å². The van der Waals surface area contributed by atoms with Crippen LogP contribution in [-0.4, -0.2) is 54.9 Å². The lowest BCUT2D eigenvalue weighted by atomic mass is 10.1. The highest BCUT2D eigenvalue weighted by Gasteiger charge is 2.30. The zero-order valence-corrected chi connectivity index (χ0v) is 17.1. The third-order valence-electron chi connectivity index (χ3n) is 4.96. The van der Waals surface area contributed by atoms with Crippen molar-refractivity contribution in [1.29, 1.82) is 0 Å². The molecule has 0 radical (unpaired) electrons. The van der Waals surface area contributed by atoms with Crippen molar-refractivity contribution in [1.82, 2.24) is 9.80 Å². The first-order chi connectivity index (χ1) is 14.4. The Hall–Kier alpha value is -3.61. The summed E-state index contributed by atoms with van der Waals surface area (Å²) < 4.78 is 10.4. The zero-order chi connectivity index (χ0) is 21.7. The van der Waals surface area contributed by atoms with Gasteiger partial charge in [0.05, 0.1) is 13.5 Å². The minimum Gasteiger partial charge on any atom is -0.496 e. The molecule has 0 atom stereocenters. The quantitative estimate of drug-likeness (QED) is 0.628. The standard InChI is InChI=1S/C23H24N2O5/c1-16-18-9-5-6-10-19(18)23(28)25(16)13-12-22(27)30-15-21(26)24(2)14-17-8-4-7-11-20(17)29-3/h4-11H,1,12-15H2,2-3H3. The monoisotopic (exact) mass is 408 g/mol. The lowest BCUT2D eigenvalue weighted by Crippen LogP contribution is -2.32. The molecule has 2 aromatic carbocycles. The number of nitrogens with zero attached hydrogens (tertiary/aromatic N) is 2. The molecule has 0 bridgehead atoms. The first kappa shape index (κ1) is 21.1. The Morgan fingerprint density at radius 2 is 1.73 bits per heavy atom. The summed E-state index contributed by atoms with van der Waals surface area (Å²) in [6, 6.07) is 14.6. The summed E-state index contributed by atoms with van der Waals surface area (Å²) in [7, 11) is 3.20. The van der Waals surface area contributed by atoms with Crippen LogP contribution in [0.5, 0.6) is 5.75 Å². The molecule has 0 unspecified atom stereocenters. The highest BCUT2D eigenvalue weighted by Crippen LogP contribution is 2.31. The molecule has 1 aliphatic rings. The Labute approximate surface area is 175 Å². The molecular weight excluding hydrogens is 384 g/mol. The van der Waals surface area contributed by atoms with Gasteiger partial charge in [0.15, 0.2) is 6.61 Å². The summed E-state index contributed by atoms with van der Waals surface area (Å²) in [5.74, 6) is -0.379. The molecule has 30 heavy (non-hydrogen) atoms. The van der Waals surface area contributed by atoms with Crippen molar-refractivity contribution >= 4 is 23.5 Å². The third-order valence-corrected chi connectivity index (χ3v) is 4.96. The number of esters is 1. The van der Waals surface area contributed by atoms with Crippen molar-refractivity contribution in [2.75, 3.05) is 27.3 Å². The molecule has 1 aliphatic heterocycles. The van der Waals surface area contributed by atoms with Crippen molar-refractivity contribution in [2.24, 2.45) is 0 Å². The number of methoxy groups -OCH3 is 1. The van der Waals surface area contributed by atoms with E-state index < -0.39 is 5.97 Å². The molecular formula is C23H24N2O5. The maximum absolute atomic E-state index is 12.4. The maximum Gasteiger partial charge on any atom is 0.308 e. The molecule has 0 saturated heterocycles. The Morgan fingerprint density at radius 1 is 1.07 bits per heavy atom. The first-order valence-corrected chi connectivity index (χ1v) is 9.54. The van der Waals surface area contributed by atoms with E-state index in [0.717, 1.165) is 11.1 Å². The number of ether oxygens (including phenoxy) is 2. The van der Waals surface area contributed by atoms with Crippen LogP contribution >= 0.6 is 0 Å². The summed E-state index contributed by atoms with van der Waals surface area (Å²) in [6.07, 6.45) is -0.0255. The molecule has 156 valence electrons. The fraction of sp³-hybridized carbons (Fsp3) is 0.261. The highest BCUT2D eigenvalue weighted by molar-refractivity contribution is 6.08. The number of likely N-dealkylation sites (N-methyl/N-ethyl adjacent to an activating group) is 1. The van der Waals surface area contributed by atoms with E-state index in [9.17, 15) is 14.4 Å². The van der Waals surface area contributed by atoms with Gasteiger partial charge in [-0.05, 0) is 12.1 Å². The van der Waals surface area contributed by atoms with Crippen LogP contribution in [0.1, 0.15) is 27.9 Å². The van der Waals surface area contributed by atoms with Gasteiger partial charge in [0.2, 0.25) is 0 Å². The second-order valence-corrected chi connectivity index (χ2v) is 6.92. The topological polar surface area (TPSA) is 76.2 Å². The molecule has 0 saturated carbocycles. The molecule has 3 rings (SSSR count). The van der Waals surface area contributed by atoms with Crippen molar-refractivity contribution in [3.05, 3.63) is 71.8 Å². The molecule has 0 aliphatic carbocycles. The van der Waals surface area contributed by atoms with Gasteiger partial charge in [-0.3, -0.25) is 14.4 Å². The highest BCUT2D eigenvalue weighted by atomic mass is 16.5. The van der Waals surface area contributed by atoms with Crippen LogP contribution in [0.4, 0.5) is 0 Å². The number of benzene rings is 2. The van der Waals surface area contributed by atoms with E-state index in [0.29, 0.717) is 23.6 Å². The van der Waals surface area contributed by atoms with Crippen LogP contribution in [0.25, 0.3) is 5.70 Å². The summed E-state index contributed by atoms with van der Waals surface area (Å²) in [4.78, 5) is 39.8. The summed E-state index contributed by atoms with van der Waals surface area (Å²) >= 11 is 0. The largest absolute Gasteiger partial charge is 0.496 e. The molecule has 2 amide bonds. The molecule has 7 nitrogen and oxygen atoms in total. The van der Waals surface area contributed by atoms with E-state index in [2.05, 4.69) is 6.58 Å². The van der Waals surface area contributed by atoms with Gasteiger partial charge in [0, 0.05) is 42.5 Å². The lowest BCUT2D eigenvalue weighted by Gasteiger charge is -2.19. The third kappa shape index (κ3) is 4.51. The number of amides is 2. The van der Waals surface area contributed by atoms with E-state index in [1.165, 1.54) is 9.80 Å². The fourth-order valence-electron chi connectivity index (χ4n) is 3.28. The Balaban J connectivity index is 1.46. The van der Waals surface area contributed by atoms with Gasteiger partial charge in [0.25, 0.3) is 11.8 Å². The number of carbonyl (C=O) groups is 3. The van der Waals surface area contributed by atoms with Crippen LogP contribution in [0.15, 0.2) is 55.1 Å². The average molecular weight is 408 g/mol.